The van der Waals surface area contributed by atoms with E-state index in [9.17, 15) is 20.2 Å². The summed E-state index contributed by atoms with van der Waals surface area (Å²) < 4.78 is 22.8. The lowest BCUT2D eigenvalue weighted by Gasteiger charge is -2.27. The van der Waals surface area contributed by atoms with E-state index in [1.165, 1.54) is 43.5 Å². The maximum atomic E-state index is 12.7. The highest BCUT2D eigenvalue weighted by molar-refractivity contribution is 5.91. The zero-order chi connectivity index (χ0) is 29.4. The molecule has 0 spiro atoms. The van der Waals surface area contributed by atoms with Crippen molar-refractivity contribution < 1.29 is 28.7 Å². The van der Waals surface area contributed by atoms with Gasteiger partial charge in [-0.1, -0.05) is 50.8 Å². The Morgan fingerprint density at radius 3 is 2.61 bits per heavy atom. The highest BCUT2D eigenvalue weighted by Gasteiger charge is 2.32. The number of unbranched alkanes of at least 4 members (excludes halogenated alkanes) is 4. The number of nitrogens with two attached hydrogens (primary N) is 1. The predicted molar refractivity (Wildman–Crippen MR) is 151 cm³/mol. The lowest BCUT2D eigenvalue weighted by Crippen LogP contribution is -2.21. The van der Waals surface area contributed by atoms with Gasteiger partial charge in [-0.2, -0.15) is 5.26 Å². The minimum Gasteiger partial charge on any atom is -0.493 e. The molecule has 3 aromatic carbocycles. The standard InChI is InChI=1S/C31H31N3O7/c1-3-4-5-6-7-15-39-26-14-11-20(17-28(26)38-2)29-24-13-12-23(18-27(24)41-30(33)25(29)19-32)40-31(35)21-9-8-10-22(16-21)34(36)37/h8-14,16-18,29H,3-7,15,33H2,1-2H3. The number of benzene rings is 3. The van der Waals surface area contributed by atoms with Crippen molar-refractivity contribution in [2.24, 2.45) is 5.73 Å². The Bertz CT molecular complexity index is 1510. The average Bonchev–Trinajstić information content (AvgIpc) is 2.98. The summed E-state index contributed by atoms with van der Waals surface area (Å²) >= 11 is 0. The number of carbonyl (C=O) groups is 1. The molecule has 2 N–H and O–H groups in total. The molecule has 10 heteroatoms. The van der Waals surface area contributed by atoms with Gasteiger partial charge >= 0.3 is 5.97 Å². The normalized spacial score (nSPS) is 13.9. The van der Waals surface area contributed by atoms with Crippen LogP contribution in [0.4, 0.5) is 5.69 Å². The second-order valence-electron chi connectivity index (χ2n) is 9.49. The Labute approximate surface area is 238 Å². The van der Waals surface area contributed by atoms with E-state index in [1.54, 1.807) is 19.2 Å². The van der Waals surface area contributed by atoms with E-state index in [4.69, 9.17) is 24.7 Å². The molecule has 0 fully saturated rings. The number of ether oxygens (including phenoxy) is 4. The lowest BCUT2D eigenvalue weighted by atomic mass is 9.83. The van der Waals surface area contributed by atoms with Crippen molar-refractivity contribution in [2.75, 3.05) is 13.7 Å². The minimum atomic E-state index is -0.770. The number of hydrogen-bond donors (Lipinski definition) is 1. The van der Waals surface area contributed by atoms with Crippen molar-refractivity contribution in [3.05, 3.63) is 98.9 Å². The Hall–Kier alpha value is -5.04. The van der Waals surface area contributed by atoms with Crippen LogP contribution in [0.3, 0.4) is 0 Å². The van der Waals surface area contributed by atoms with E-state index in [1.807, 2.05) is 18.2 Å². The topological polar surface area (TPSA) is 147 Å². The summed E-state index contributed by atoms with van der Waals surface area (Å²) in [6.07, 6.45) is 5.63. The third kappa shape index (κ3) is 6.76. The van der Waals surface area contributed by atoms with Gasteiger partial charge in [-0.3, -0.25) is 10.1 Å². The molecule has 1 aliphatic heterocycles. The zero-order valence-corrected chi connectivity index (χ0v) is 22.9. The van der Waals surface area contributed by atoms with Crippen LogP contribution < -0.4 is 24.7 Å². The Kier molecular flexibility index (Phi) is 9.43. The van der Waals surface area contributed by atoms with Gasteiger partial charge in [0.25, 0.3) is 5.69 Å². The first-order valence-electron chi connectivity index (χ1n) is 13.3. The van der Waals surface area contributed by atoms with Crippen LogP contribution in [0.2, 0.25) is 0 Å². The summed E-state index contributed by atoms with van der Waals surface area (Å²) in [5, 5.41) is 21.0. The van der Waals surface area contributed by atoms with Crippen LogP contribution in [0.1, 0.15) is 66.4 Å². The molecule has 0 saturated carbocycles. The third-order valence-electron chi connectivity index (χ3n) is 6.72. The van der Waals surface area contributed by atoms with Gasteiger partial charge in [0.15, 0.2) is 11.5 Å². The number of rotatable bonds is 12. The highest BCUT2D eigenvalue weighted by atomic mass is 16.6. The van der Waals surface area contributed by atoms with Crippen molar-refractivity contribution in [3.63, 3.8) is 0 Å². The number of nitro benzene ring substituents is 1. The van der Waals surface area contributed by atoms with E-state index in [0.717, 1.165) is 24.5 Å². The first-order valence-corrected chi connectivity index (χ1v) is 13.3. The van der Waals surface area contributed by atoms with Crippen LogP contribution in [-0.4, -0.2) is 24.6 Å². The summed E-state index contributed by atoms with van der Waals surface area (Å²) in [6, 6.07) is 17.6. The molecular formula is C31H31N3O7. The van der Waals surface area contributed by atoms with Gasteiger partial charge < -0.3 is 24.7 Å². The van der Waals surface area contributed by atoms with Crippen LogP contribution in [0.25, 0.3) is 0 Å². The number of esters is 1. The molecule has 0 aromatic heterocycles. The van der Waals surface area contributed by atoms with Crippen LogP contribution in [-0.2, 0) is 0 Å². The molecule has 41 heavy (non-hydrogen) atoms. The maximum Gasteiger partial charge on any atom is 0.343 e. The molecule has 212 valence electrons. The Balaban J connectivity index is 1.57. The van der Waals surface area contributed by atoms with Crippen LogP contribution in [0.15, 0.2) is 72.1 Å². The molecule has 0 aliphatic carbocycles. The van der Waals surface area contributed by atoms with Crippen molar-refractivity contribution >= 4 is 11.7 Å². The second-order valence-corrected chi connectivity index (χ2v) is 9.49. The number of methoxy groups -OCH3 is 1. The number of allylic oxidation sites excluding steroid dienone is 1. The molecular weight excluding hydrogens is 526 g/mol. The number of nitro groups is 1. The quantitative estimate of drug-likeness (QED) is 0.0879. The summed E-state index contributed by atoms with van der Waals surface area (Å²) in [7, 11) is 1.56. The summed E-state index contributed by atoms with van der Waals surface area (Å²) in [6.45, 7) is 2.75. The van der Waals surface area contributed by atoms with Crippen molar-refractivity contribution in [1.29, 1.82) is 5.26 Å². The maximum absolute atomic E-state index is 12.7. The zero-order valence-electron chi connectivity index (χ0n) is 22.9. The molecule has 3 aromatic rings. The number of hydrogen-bond acceptors (Lipinski definition) is 9. The number of carbonyl (C=O) groups excluding carboxylic acids is 1. The molecule has 1 atom stereocenters. The second kappa shape index (κ2) is 13.3. The number of nitrogens with zero attached hydrogens (tertiary/aromatic N) is 2. The third-order valence-corrected chi connectivity index (χ3v) is 6.72. The van der Waals surface area contributed by atoms with Crippen molar-refractivity contribution in [2.45, 2.75) is 44.9 Å². The van der Waals surface area contributed by atoms with Gasteiger partial charge in [-0.15, -0.1) is 0 Å². The molecule has 1 unspecified atom stereocenters. The van der Waals surface area contributed by atoms with E-state index >= 15 is 0 Å². The molecule has 0 amide bonds. The smallest absolute Gasteiger partial charge is 0.343 e. The van der Waals surface area contributed by atoms with E-state index in [2.05, 4.69) is 13.0 Å². The average molecular weight is 558 g/mol. The van der Waals surface area contributed by atoms with Gasteiger partial charge in [0.05, 0.1) is 30.1 Å². The first kappa shape index (κ1) is 29.0. The fourth-order valence-corrected chi connectivity index (χ4v) is 4.63. The fourth-order valence-electron chi connectivity index (χ4n) is 4.63. The van der Waals surface area contributed by atoms with Gasteiger partial charge in [-0.05, 0) is 36.2 Å². The van der Waals surface area contributed by atoms with Crippen molar-refractivity contribution in [1.82, 2.24) is 0 Å². The predicted octanol–water partition coefficient (Wildman–Crippen LogP) is 6.39. The number of non-ortho nitro benzene ring substituents is 1. The fraction of sp³-hybridized carbons (Fsp3) is 0.290. The SMILES string of the molecule is CCCCCCCOc1ccc(C2C(C#N)=C(N)Oc3cc(OC(=O)c4cccc([N+](=O)[O-])c4)ccc32)cc1OC. The summed E-state index contributed by atoms with van der Waals surface area (Å²) in [5.41, 5.74) is 7.55. The van der Waals surface area contributed by atoms with Gasteiger partial charge in [0.2, 0.25) is 5.88 Å². The van der Waals surface area contributed by atoms with E-state index in [-0.39, 0.29) is 28.5 Å². The van der Waals surface area contributed by atoms with Gasteiger partial charge in [0, 0.05) is 23.8 Å². The minimum absolute atomic E-state index is 0.0252. The molecule has 4 rings (SSSR count). The molecule has 1 aliphatic rings. The number of nitriles is 1. The molecule has 0 radical (unpaired) electrons. The van der Waals surface area contributed by atoms with Crippen LogP contribution in [0.5, 0.6) is 23.0 Å². The Morgan fingerprint density at radius 2 is 1.88 bits per heavy atom. The van der Waals surface area contributed by atoms with Crippen LogP contribution >= 0.6 is 0 Å². The summed E-state index contributed by atoms with van der Waals surface area (Å²) in [5.74, 6) is 0.184. The van der Waals surface area contributed by atoms with E-state index < -0.39 is 16.8 Å². The molecule has 0 saturated heterocycles. The van der Waals surface area contributed by atoms with Crippen LogP contribution in [0, 0.1) is 21.4 Å². The lowest BCUT2D eigenvalue weighted by molar-refractivity contribution is -0.384. The first-order chi connectivity index (χ1) is 19.9. The monoisotopic (exact) mass is 557 g/mol. The molecule has 10 nitrogen and oxygen atoms in total. The highest BCUT2D eigenvalue weighted by Crippen LogP contribution is 2.45. The van der Waals surface area contributed by atoms with E-state index in [0.29, 0.717) is 29.4 Å². The number of fused-ring (bicyclic) bond motifs is 1. The van der Waals surface area contributed by atoms with Gasteiger partial charge in [-0.25, -0.2) is 4.79 Å². The van der Waals surface area contributed by atoms with Crippen molar-refractivity contribution in [3.8, 4) is 29.1 Å². The largest absolute Gasteiger partial charge is 0.493 e. The summed E-state index contributed by atoms with van der Waals surface area (Å²) in [4.78, 5) is 23.1. The Morgan fingerprint density at radius 1 is 1.07 bits per heavy atom. The molecule has 0 bridgehead atoms. The molecule has 1 heterocycles. The van der Waals surface area contributed by atoms with Gasteiger partial charge in [0.1, 0.15) is 23.1 Å².